The van der Waals surface area contributed by atoms with Crippen LogP contribution < -0.4 is 9.47 Å². The molecular formula is C21H24N2O6. The van der Waals surface area contributed by atoms with Gasteiger partial charge in [0, 0.05) is 24.7 Å². The second kappa shape index (κ2) is 9.29. The number of benzene rings is 1. The van der Waals surface area contributed by atoms with Crippen molar-refractivity contribution in [1.29, 1.82) is 0 Å². The fraction of sp³-hybridized carbons (Fsp3) is 0.333. The standard InChI is InChI=1S/C21H24N2O6/c1-14-17(22-21(29-14)18-5-4-10-28-18)12-20(25)23(8-9-24)13-15-6-7-16(26-2)11-19(15)27-3/h4-7,10-11,24H,8-9,12-13H2,1-3H3. The lowest BCUT2D eigenvalue weighted by atomic mass is 10.1. The first-order valence-electron chi connectivity index (χ1n) is 9.15. The van der Waals surface area contributed by atoms with E-state index in [2.05, 4.69) is 4.98 Å². The molecule has 0 unspecified atom stereocenters. The third-order valence-corrected chi connectivity index (χ3v) is 4.52. The molecule has 0 aliphatic carbocycles. The van der Waals surface area contributed by atoms with Crippen molar-refractivity contribution in [3.63, 3.8) is 0 Å². The average Bonchev–Trinajstić information content (AvgIpc) is 3.38. The minimum Gasteiger partial charge on any atom is -0.497 e. The van der Waals surface area contributed by atoms with E-state index in [0.717, 1.165) is 5.56 Å². The van der Waals surface area contributed by atoms with E-state index in [-0.39, 0.29) is 32.0 Å². The molecule has 29 heavy (non-hydrogen) atoms. The van der Waals surface area contributed by atoms with Crippen LogP contribution in [0, 0.1) is 6.92 Å². The number of amides is 1. The monoisotopic (exact) mass is 400 g/mol. The van der Waals surface area contributed by atoms with Gasteiger partial charge in [-0.1, -0.05) is 0 Å². The minimum atomic E-state index is -0.181. The number of aliphatic hydroxyl groups is 1. The van der Waals surface area contributed by atoms with Crippen LogP contribution in [0.2, 0.25) is 0 Å². The molecule has 0 bridgehead atoms. The topological polar surface area (TPSA) is 98.2 Å². The molecule has 0 atom stereocenters. The zero-order valence-electron chi connectivity index (χ0n) is 16.7. The van der Waals surface area contributed by atoms with Gasteiger partial charge in [-0.15, -0.1) is 0 Å². The first-order chi connectivity index (χ1) is 14.0. The van der Waals surface area contributed by atoms with Crippen LogP contribution in [0.5, 0.6) is 11.5 Å². The van der Waals surface area contributed by atoms with Gasteiger partial charge in [0.2, 0.25) is 5.91 Å². The number of aryl methyl sites for hydroxylation is 1. The lowest BCUT2D eigenvalue weighted by Gasteiger charge is -2.23. The third kappa shape index (κ3) is 4.78. The second-order valence-corrected chi connectivity index (χ2v) is 6.39. The number of hydrogen-bond donors (Lipinski definition) is 1. The molecule has 0 saturated carbocycles. The molecule has 0 aliphatic rings. The van der Waals surface area contributed by atoms with Crippen LogP contribution in [0.3, 0.4) is 0 Å². The average molecular weight is 400 g/mol. The molecule has 3 aromatic rings. The number of ether oxygens (including phenoxy) is 2. The number of carbonyl (C=O) groups excluding carboxylic acids is 1. The minimum absolute atomic E-state index is 0.0501. The number of aromatic nitrogens is 1. The highest BCUT2D eigenvalue weighted by Gasteiger charge is 2.21. The van der Waals surface area contributed by atoms with Crippen LogP contribution >= 0.6 is 0 Å². The van der Waals surface area contributed by atoms with E-state index in [1.165, 1.54) is 6.26 Å². The normalized spacial score (nSPS) is 10.8. The Morgan fingerprint density at radius 3 is 2.72 bits per heavy atom. The molecule has 0 saturated heterocycles. The van der Waals surface area contributed by atoms with Crippen molar-refractivity contribution in [3.8, 4) is 23.1 Å². The van der Waals surface area contributed by atoms with Gasteiger partial charge in [0.05, 0.1) is 39.2 Å². The zero-order valence-corrected chi connectivity index (χ0v) is 16.7. The molecule has 3 rings (SSSR count). The summed E-state index contributed by atoms with van der Waals surface area (Å²) < 4.78 is 21.5. The molecule has 2 aromatic heterocycles. The summed E-state index contributed by atoms with van der Waals surface area (Å²) in [7, 11) is 3.14. The predicted molar refractivity (Wildman–Crippen MR) is 105 cm³/mol. The molecule has 0 fully saturated rings. The molecule has 1 aromatic carbocycles. The zero-order chi connectivity index (χ0) is 20.8. The smallest absolute Gasteiger partial charge is 0.263 e. The fourth-order valence-electron chi connectivity index (χ4n) is 2.95. The maximum Gasteiger partial charge on any atom is 0.263 e. The summed E-state index contributed by atoms with van der Waals surface area (Å²) in [6.07, 6.45) is 1.58. The maximum atomic E-state index is 12.9. The van der Waals surface area contributed by atoms with E-state index < -0.39 is 0 Å². The highest BCUT2D eigenvalue weighted by Crippen LogP contribution is 2.26. The highest BCUT2D eigenvalue weighted by atomic mass is 16.5. The summed E-state index contributed by atoms with van der Waals surface area (Å²) in [5.74, 6) is 2.48. The van der Waals surface area contributed by atoms with Crippen LogP contribution in [-0.4, -0.2) is 48.3 Å². The molecule has 1 amide bonds. The molecular weight excluding hydrogens is 376 g/mol. The number of aliphatic hydroxyl groups excluding tert-OH is 1. The molecule has 2 heterocycles. The van der Waals surface area contributed by atoms with Crippen molar-refractivity contribution in [2.75, 3.05) is 27.4 Å². The van der Waals surface area contributed by atoms with Crippen molar-refractivity contribution in [2.24, 2.45) is 0 Å². The summed E-state index contributed by atoms with van der Waals surface area (Å²) in [6, 6.07) is 8.88. The quantitative estimate of drug-likeness (QED) is 0.590. The van der Waals surface area contributed by atoms with Crippen molar-refractivity contribution >= 4 is 5.91 Å². The van der Waals surface area contributed by atoms with Crippen LogP contribution in [0.15, 0.2) is 45.4 Å². The van der Waals surface area contributed by atoms with E-state index in [1.807, 2.05) is 6.07 Å². The van der Waals surface area contributed by atoms with Gasteiger partial charge in [0.1, 0.15) is 17.3 Å². The van der Waals surface area contributed by atoms with E-state index in [9.17, 15) is 9.90 Å². The van der Waals surface area contributed by atoms with Crippen LogP contribution in [0.25, 0.3) is 11.7 Å². The number of carbonyl (C=O) groups is 1. The summed E-state index contributed by atoms with van der Waals surface area (Å²) >= 11 is 0. The molecule has 8 heteroatoms. The number of nitrogens with zero attached hydrogens (tertiary/aromatic N) is 2. The van der Waals surface area contributed by atoms with Crippen LogP contribution in [-0.2, 0) is 17.8 Å². The Kier molecular flexibility index (Phi) is 6.56. The van der Waals surface area contributed by atoms with Crippen molar-refractivity contribution < 1.29 is 28.2 Å². The number of oxazole rings is 1. The molecule has 154 valence electrons. The van der Waals surface area contributed by atoms with Gasteiger partial charge in [0.25, 0.3) is 5.89 Å². The molecule has 0 spiro atoms. The number of rotatable bonds is 9. The number of furan rings is 1. The number of methoxy groups -OCH3 is 2. The Hall–Kier alpha value is -3.26. The van der Waals surface area contributed by atoms with Gasteiger partial charge >= 0.3 is 0 Å². The Bertz CT molecular complexity index is 948. The first-order valence-corrected chi connectivity index (χ1v) is 9.15. The summed E-state index contributed by atoms with van der Waals surface area (Å²) in [6.45, 7) is 2.08. The molecule has 1 N–H and O–H groups in total. The van der Waals surface area contributed by atoms with Gasteiger partial charge in [-0.3, -0.25) is 4.79 Å². The molecule has 0 aliphatic heterocycles. The lowest BCUT2D eigenvalue weighted by Crippen LogP contribution is -2.34. The van der Waals surface area contributed by atoms with Gasteiger partial charge in [-0.25, -0.2) is 4.98 Å². The summed E-state index contributed by atoms with van der Waals surface area (Å²) in [4.78, 5) is 18.9. The largest absolute Gasteiger partial charge is 0.497 e. The van der Waals surface area contributed by atoms with Crippen LogP contribution in [0.1, 0.15) is 17.0 Å². The third-order valence-electron chi connectivity index (χ3n) is 4.52. The van der Waals surface area contributed by atoms with Gasteiger partial charge in [-0.2, -0.15) is 0 Å². The molecule has 0 radical (unpaired) electrons. The van der Waals surface area contributed by atoms with Crippen LogP contribution in [0.4, 0.5) is 0 Å². The van der Waals surface area contributed by atoms with Crippen molar-refractivity contribution in [3.05, 3.63) is 53.6 Å². The van der Waals surface area contributed by atoms with Crippen molar-refractivity contribution in [2.45, 2.75) is 19.9 Å². The van der Waals surface area contributed by atoms with E-state index in [4.69, 9.17) is 18.3 Å². The van der Waals surface area contributed by atoms with Crippen molar-refractivity contribution in [1.82, 2.24) is 9.88 Å². The van der Waals surface area contributed by atoms with E-state index in [0.29, 0.717) is 34.6 Å². The van der Waals surface area contributed by atoms with Gasteiger partial charge < -0.3 is 28.3 Å². The van der Waals surface area contributed by atoms with E-state index >= 15 is 0 Å². The predicted octanol–water partition coefficient (Wildman–Crippen LogP) is 2.82. The Morgan fingerprint density at radius 1 is 1.24 bits per heavy atom. The molecule has 8 nitrogen and oxygen atoms in total. The van der Waals surface area contributed by atoms with Gasteiger partial charge in [0.15, 0.2) is 5.76 Å². The lowest BCUT2D eigenvalue weighted by molar-refractivity contribution is -0.131. The maximum absolute atomic E-state index is 12.9. The Morgan fingerprint density at radius 2 is 2.07 bits per heavy atom. The SMILES string of the molecule is COc1ccc(CN(CCO)C(=O)Cc2nc(-c3ccco3)oc2C)c(OC)c1. The Balaban J connectivity index is 1.77. The van der Waals surface area contributed by atoms with E-state index in [1.54, 1.807) is 50.3 Å². The highest BCUT2D eigenvalue weighted by molar-refractivity contribution is 5.78. The summed E-state index contributed by atoms with van der Waals surface area (Å²) in [5.41, 5.74) is 1.34. The first kappa shape index (κ1) is 20.5. The fourth-order valence-corrected chi connectivity index (χ4v) is 2.95. The Labute approximate surface area is 168 Å². The second-order valence-electron chi connectivity index (χ2n) is 6.39. The summed E-state index contributed by atoms with van der Waals surface area (Å²) in [5, 5.41) is 9.43. The number of hydrogen-bond acceptors (Lipinski definition) is 7. The van der Waals surface area contributed by atoms with Gasteiger partial charge in [-0.05, 0) is 31.2 Å².